The maximum Gasteiger partial charge on any atom is 0.166 e. The summed E-state index contributed by atoms with van der Waals surface area (Å²) in [6.07, 6.45) is 0. The van der Waals surface area contributed by atoms with Crippen molar-refractivity contribution in [3.05, 3.63) is 0 Å². The van der Waals surface area contributed by atoms with Crippen LogP contribution in [0.3, 0.4) is 0 Å². The number of likely N-dealkylation sites (N-methyl/N-ethyl adjacent to an activating group) is 1. The Hall–Kier alpha value is -0.590. The maximum absolute atomic E-state index is 8.50. The molecule has 0 aromatic heterocycles. The van der Waals surface area contributed by atoms with E-state index in [1.54, 1.807) is 0 Å². The number of nitrogens with zero attached hydrogens (tertiary/aromatic N) is 2. The number of aliphatic hydroxyl groups is 1. The standard InChI is InChI=1S/C6H13N2O/c1-8(2,4-3-7)5-6-9/h9H,4-6H2,1-2H3/q+1. The fraction of sp³-hybridized carbons (Fsp3) is 0.833. The van der Waals surface area contributed by atoms with Crippen LogP contribution < -0.4 is 0 Å². The van der Waals surface area contributed by atoms with Crippen LogP contribution in [0.25, 0.3) is 0 Å². The summed E-state index contributed by atoms with van der Waals surface area (Å²) in [6, 6.07) is 2.05. The van der Waals surface area contributed by atoms with E-state index in [-0.39, 0.29) is 6.61 Å². The highest BCUT2D eigenvalue weighted by Gasteiger charge is 2.11. The molecule has 0 radical (unpaired) electrons. The molecule has 3 nitrogen and oxygen atoms in total. The molecule has 9 heavy (non-hydrogen) atoms. The van der Waals surface area contributed by atoms with Crippen molar-refractivity contribution >= 4 is 0 Å². The molecule has 0 aliphatic carbocycles. The number of hydrogen-bond donors (Lipinski definition) is 1. The highest BCUT2D eigenvalue weighted by molar-refractivity contribution is 4.66. The summed E-state index contributed by atoms with van der Waals surface area (Å²) in [7, 11) is 3.83. The summed E-state index contributed by atoms with van der Waals surface area (Å²) < 4.78 is 0.576. The summed E-state index contributed by atoms with van der Waals surface area (Å²) in [5.74, 6) is 0. The lowest BCUT2D eigenvalue weighted by atomic mass is 10.4. The third-order valence-corrected chi connectivity index (χ3v) is 1.20. The third-order valence-electron chi connectivity index (χ3n) is 1.20. The second-order valence-corrected chi connectivity index (χ2v) is 2.70. The first-order valence-corrected chi connectivity index (χ1v) is 2.92. The van der Waals surface area contributed by atoms with Gasteiger partial charge in [-0.2, -0.15) is 5.26 Å². The van der Waals surface area contributed by atoms with Gasteiger partial charge in [-0.1, -0.05) is 0 Å². The molecular weight excluding hydrogens is 116 g/mol. The highest BCUT2D eigenvalue weighted by Crippen LogP contribution is 1.92. The van der Waals surface area contributed by atoms with Crippen molar-refractivity contribution in [2.45, 2.75) is 0 Å². The number of nitriles is 1. The van der Waals surface area contributed by atoms with Crippen molar-refractivity contribution in [1.29, 1.82) is 5.26 Å². The Morgan fingerprint density at radius 3 is 2.44 bits per heavy atom. The van der Waals surface area contributed by atoms with E-state index in [9.17, 15) is 0 Å². The molecule has 0 saturated heterocycles. The molecule has 0 amide bonds. The van der Waals surface area contributed by atoms with E-state index in [1.807, 2.05) is 14.1 Å². The van der Waals surface area contributed by atoms with Gasteiger partial charge in [0.1, 0.15) is 12.6 Å². The molecular formula is C6H13N2O+. The van der Waals surface area contributed by atoms with E-state index in [2.05, 4.69) is 6.07 Å². The molecule has 0 aromatic rings. The first kappa shape index (κ1) is 8.41. The van der Waals surface area contributed by atoms with Crippen LogP contribution in [0.5, 0.6) is 0 Å². The monoisotopic (exact) mass is 129 g/mol. The van der Waals surface area contributed by atoms with Crippen LogP contribution >= 0.6 is 0 Å². The molecule has 1 N–H and O–H groups in total. The van der Waals surface area contributed by atoms with Gasteiger partial charge in [-0.05, 0) is 0 Å². The topological polar surface area (TPSA) is 44.0 Å². The zero-order valence-corrected chi connectivity index (χ0v) is 5.96. The molecule has 0 aromatic carbocycles. The van der Waals surface area contributed by atoms with Crippen LogP contribution in [0.4, 0.5) is 0 Å². The van der Waals surface area contributed by atoms with Crippen molar-refractivity contribution in [2.75, 3.05) is 33.8 Å². The van der Waals surface area contributed by atoms with Gasteiger partial charge in [-0.25, -0.2) is 0 Å². The fourth-order valence-corrected chi connectivity index (χ4v) is 0.541. The number of hydrogen-bond acceptors (Lipinski definition) is 2. The average Bonchev–Trinajstić information content (AvgIpc) is 1.64. The minimum atomic E-state index is 0.147. The summed E-state index contributed by atoms with van der Waals surface area (Å²) in [5, 5.41) is 16.8. The van der Waals surface area contributed by atoms with E-state index in [0.717, 1.165) is 0 Å². The Morgan fingerprint density at radius 2 is 2.11 bits per heavy atom. The normalized spacial score (nSPS) is 10.9. The van der Waals surface area contributed by atoms with Crippen LogP contribution in [-0.4, -0.2) is 43.4 Å². The molecule has 3 heteroatoms. The molecule has 52 valence electrons. The smallest absolute Gasteiger partial charge is 0.166 e. The largest absolute Gasteiger partial charge is 0.391 e. The molecule has 0 atom stereocenters. The van der Waals surface area contributed by atoms with Gasteiger partial charge in [0, 0.05) is 0 Å². The van der Waals surface area contributed by atoms with Gasteiger partial charge >= 0.3 is 0 Å². The average molecular weight is 129 g/mol. The van der Waals surface area contributed by atoms with Gasteiger partial charge in [0.05, 0.1) is 20.7 Å². The summed E-state index contributed by atoms with van der Waals surface area (Å²) in [4.78, 5) is 0. The van der Waals surface area contributed by atoms with Gasteiger partial charge in [0.25, 0.3) is 0 Å². The Labute approximate surface area is 55.7 Å². The van der Waals surface area contributed by atoms with Crippen molar-refractivity contribution in [3.8, 4) is 6.07 Å². The Bertz CT molecular complexity index is 115. The molecule has 0 bridgehead atoms. The second-order valence-electron chi connectivity index (χ2n) is 2.70. The van der Waals surface area contributed by atoms with Gasteiger partial charge < -0.3 is 9.59 Å². The number of rotatable bonds is 3. The first-order valence-electron chi connectivity index (χ1n) is 2.92. The van der Waals surface area contributed by atoms with E-state index in [1.165, 1.54) is 0 Å². The Balaban J connectivity index is 3.59. The molecule has 0 spiro atoms. The number of aliphatic hydroxyl groups excluding tert-OH is 1. The zero-order valence-electron chi connectivity index (χ0n) is 5.96. The van der Waals surface area contributed by atoms with Gasteiger partial charge in [0.15, 0.2) is 6.54 Å². The minimum absolute atomic E-state index is 0.147. The van der Waals surface area contributed by atoms with Crippen molar-refractivity contribution < 1.29 is 9.59 Å². The van der Waals surface area contributed by atoms with E-state index >= 15 is 0 Å². The van der Waals surface area contributed by atoms with E-state index in [0.29, 0.717) is 17.6 Å². The fourth-order valence-electron chi connectivity index (χ4n) is 0.541. The lowest BCUT2D eigenvalue weighted by molar-refractivity contribution is -0.883. The summed E-state index contributed by atoms with van der Waals surface area (Å²) in [5.41, 5.74) is 0. The summed E-state index contributed by atoms with van der Waals surface area (Å²) in [6.45, 7) is 1.25. The van der Waals surface area contributed by atoms with Crippen LogP contribution in [0, 0.1) is 11.3 Å². The minimum Gasteiger partial charge on any atom is -0.391 e. The lowest BCUT2D eigenvalue weighted by Crippen LogP contribution is -2.42. The number of quaternary nitrogens is 1. The first-order chi connectivity index (χ1) is 4.12. The van der Waals surface area contributed by atoms with E-state index in [4.69, 9.17) is 10.4 Å². The second kappa shape index (κ2) is 3.44. The van der Waals surface area contributed by atoms with Gasteiger partial charge in [-0.3, -0.25) is 0 Å². The molecule has 0 rings (SSSR count). The molecule has 0 aliphatic rings. The van der Waals surface area contributed by atoms with Gasteiger partial charge in [-0.15, -0.1) is 0 Å². The third kappa shape index (κ3) is 3.95. The quantitative estimate of drug-likeness (QED) is 0.415. The van der Waals surface area contributed by atoms with Gasteiger partial charge in [0.2, 0.25) is 0 Å². The lowest BCUT2D eigenvalue weighted by Gasteiger charge is -2.25. The molecule has 0 unspecified atom stereocenters. The van der Waals surface area contributed by atoms with Crippen LogP contribution in [-0.2, 0) is 0 Å². The molecule has 0 heterocycles. The zero-order chi connectivity index (χ0) is 7.33. The molecule has 0 saturated carbocycles. The van der Waals surface area contributed by atoms with Crippen LogP contribution in [0.1, 0.15) is 0 Å². The predicted octanol–water partition coefficient (Wildman–Crippen LogP) is -0.421. The Kier molecular flexibility index (Phi) is 3.21. The Morgan fingerprint density at radius 1 is 1.56 bits per heavy atom. The summed E-state index contributed by atoms with van der Waals surface area (Å²) >= 11 is 0. The van der Waals surface area contributed by atoms with Crippen molar-refractivity contribution in [1.82, 2.24) is 0 Å². The van der Waals surface area contributed by atoms with Crippen LogP contribution in [0.2, 0.25) is 0 Å². The van der Waals surface area contributed by atoms with Crippen molar-refractivity contribution in [2.24, 2.45) is 0 Å². The van der Waals surface area contributed by atoms with Crippen molar-refractivity contribution in [3.63, 3.8) is 0 Å². The SMILES string of the molecule is C[N+](C)(CC#N)CCO. The predicted molar refractivity (Wildman–Crippen MR) is 34.5 cm³/mol. The van der Waals surface area contributed by atoms with E-state index < -0.39 is 0 Å². The van der Waals surface area contributed by atoms with Crippen LogP contribution in [0.15, 0.2) is 0 Å². The maximum atomic E-state index is 8.50. The molecule has 0 fully saturated rings. The molecule has 0 aliphatic heterocycles. The highest BCUT2D eigenvalue weighted by atomic mass is 16.3.